The first-order valence-electron chi connectivity index (χ1n) is 3.10. The molecule has 0 rings (SSSR count). The summed E-state index contributed by atoms with van der Waals surface area (Å²) in [5.74, 6) is 0.0926. The van der Waals surface area contributed by atoms with E-state index in [4.69, 9.17) is 4.10 Å². The Bertz CT molecular complexity index is 153. The van der Waals surface area contributed by atoms with Crippen LogP contribution < -0.4 is 0 Å². The van der Waals surface area contributed by atoms with Gasteiger partial charge in [-0.15, -0.1) is 0 Å². The zero-order valence-corrected chi connectivity index (χ0v) is 9.53. The van der Waals surface area contributed by atoms with E-state index in [0.717, 1.165) is 0 Å². The normalized spacial score (nSPS) is 9.64. The summed E-state index contributed by atoms with van der Waals surface area (Å²) in [6.45, 7) is 1.53. The predicted molar refractivity (Wildman–Crippen MR) is 44.8 cm³/mol. The number of hydrogen-bond donors (Lipinski definition) is 1. The number of carbonyl (C=O) groups excluding carboxylic acids is 1. The Labute approximate surface area is 70.2 Å². The van der Waals surface area contributed by atoms with E-state index in [9.17, 15) is 8.53 Å². The van der Waals surface area contributed by atoms with Crippen molar-refractivity contribution in [3.63, 3.8) is 0 Å². The molecular weight excluding hydrogens is 209 g/mol. The molecule has 1 N–H and O–H groups in total. The van der Waals surface area contributed by atoms with Gasteiger partial charge in [0.2, 0.25) is 5.91 Å². The van der Waals surface area contributed by atoms with Gasteiger partial charge < -0.3 is 4.90 Å². The fraction of sp³-hybridized carbons (Fsp3) is 0.833. The van der Waals surface area contributed by atoms with E-state index in [-0.39, 0.29) is 5.91 Å². The molecule has 1 amide bonds. The van der Waals surface area contributed by atoms with Crippen molar-refractivity contribution in [1.82, 2.24) is 4.90 Å². The van der Waals surface area contributed by atoms with Crippen LogP contribution in [0.15, 0.2) is 0 Å². The molecule has 0 aromatic heterocycles. The van der Waals surface area contributed by atoms with Gasteiger partial charge in [0.15, 0.2) is 0 Å². The maximum atomic E-state index is 10.1. The van der Waals surface area contributed by atoms with E-state index in [0.29, 0.717) is 0 Å². The molecule has 0 saturated carbocycles. The molecule has 0 aromatic carbocycles. The average Bonchev–Trinajstić information content (AvgIpc) is 1.59. The molecule has 5 heteroatoms. The second kappa shape index (κ2) is 5.44. The number of amides is 1. The SMILES string of the molecule is CC(=O)N(C)C.C[As](C)(=O)O. The van der Waals surface area contributed by atoms with E-state index in [1.54, 1.807) is 14.1 Å². The monoisotopic (exact) mass is 225 g/mol. The first-order valence-corrected chi connectivity index (χ1v) is 8.46. The van der Waals surface area contributed by atoms with Crippen LogP contribution in [0.25, 0.3) is 0 Å². The molecule has 0 fully saturated rings. The van der Waals surface area contributed by atoms with E-state index in [2.05, 4.69) is 0 Å². The van der Waals surface area contributed by atoms with E-state index in [1.807, 2.05) is 0 Å². The third-order valence-corrected chi connectivity index (χ3v) is 0.630. The second-order valence-corrected chi connectivity index (χ2v) is 8.14. The van der Waals surface area contributed by atoms with Gasteiger partial charge in [-0.1, -0.05) is 0 Å². The van der Waals surface area contributed by atoms with Crippen molar-refractivity contribution in [2.24, 2.45) is 0 Å². The van der Waals surface area contributed by atoms with Gasteiger partial charge in [-0.05, 0) is 0 Å². The third-order valence-electron chi connectivity index (χ3n) is 0.630. The van der Waals surface area contributed by atoms with E-state index >= 15 is 0 Å². The molecule has 68 valence electrons. The number of nitrogens with zero attached hydrogens (tertiary/aromatic N) is 1. The van der Waals surface area contributed by atoms with Crippen LogP contribution >= 0.6 is 0 Å². The molecule has 0 radical (unpaired) electrons. The van der Waals surface area contributed by atoms with Gasteiger partial charge in [-0.3, -0.25) is 4.79 Å². The first kappa shape index (κ1) is 13.4. The molecule has 4 nitrogen and oxygen atoms in total. The number of carbonyl (C=O) groups is 1. The van der Waals surface area contributed by atoms with Crippen molar-refractivity contribution >= 4 is 19.7 Å². The Morgan fingerprint density at radius 3 is 1.45 bits per heavy atom. The zero-order valence-electron chi connectivity index (χ0n) is 7.66. The maximum absolute atomic E-state index is 10.1. The van der Waals surface area contributed by atoms with Crippen molar-refractivity contribution in [2.75, 3.05) is 14.1 Å². The van der Waals surface area contributed by atoms with Gasteiger partial charge in [0.25, 0.3) is 0 Å². The van der Waals surface area contributed by atoms with Crippen molar-refractivity contribution < 1.29 is 12.6 Å². The summed E-state index contributed by atoms with van der Waals surface area (Å²) in [7, 11) is 3.45. The Morgan fingerprint density at radius 2 is 1.45 bits per heavy atom. The fourth-order valence-corrected chi connectivity index (χ4v) is 0. The van der Waals surface area contributed by atoms with E-state index in [1.165, 1.54) is 23.2 Å². The molecule has 0 atom stereocenters. The Balaban J connectivity index is 0. The first-order chi connectivity index (χ1) is 4.64. The summed E-state index contributed by atoms with van der Waals surface area (Å²) in [6.07, 6.45) is 0. The summed E-state index contributed by atoms with van der Waals surface area (Å²) in [6, 6.07) is 0. The Morgan fingerprint density at radius 1 is 1.36 bits per heavy atom. The van der Waals surface area contributed by atoms with Gasteiger partial charge in [-0.2, -0.15) is 0 Å². The van der Waals surface area contributed by atoms with Crippen molar-refractivity contribution in [3.8, 4) is 0 Å². The van der Waals surface area contributed by atoms with Crippen LogP contribution in [0.5, 0.6) is 0 Å². The topological polar surface area (TPSA) is 57.6 Å². The summed E-state index contributed by atoms with van der Waals surface area (Å²) in [5, 5.41) is 0. The number of rotatable bonds is 0. The molecule has 0 unspecified atom stereocenters. The van der Waals surface area contributed by atoms with Gasteiger partial charge in [0, 0.05) is 21.0 Å². The molecule has 0 aliphatic rings. The summed E-state index contributed by atoms with van der Waals surface area (Å²) >= 11 is -3.12. The van der Waals surface area contributed by atoms with Crippen molar-refractivity contribution in [3.05, 3.63) is 0 Å². The summed E-state index contributed by atoms with van der Waals surface area (Å²) < 4.78 is 18.0. The molecule has 0 heterocycles. The molecule has 11 heavy (non-hydrogen) atoms. The molecule has 0 saturated heterocycles. The summed E-state index contributed by atoms with van der Waals surface area (Å²) in [4.78, 5) is 11.6. The van der Waals surface area contributed by atoms with Crippen molar-refractivity contribution in [1.29, 1.82) is 0 Å². The molecule has 0 aromatic rings. The Hall–Kier alpha value is -0.212. The van der Waals surface area contributed by atoms with Crippen LogP contribution in [0.3, 0.4) is 0 Å². The predicted octanol–water partition coefficient (Wildman–Crippen LogP) is 0.206. The third kappa shape index (κ3) is 41.4. The van der Waals surface area contributed by atoms with Crippen LogP contribution in [0.2, 0.25) is 11.4 Å². The minimum absolute atomic E-state index is 0.0926. The molecular formula is C6H16AsNO3. The van der Waals surface area contributed by atoms with Crippen LogP contribution in [0.1, 0.15) is 6.92 Å². The van der Waals surface area contributed by atoms with Crippen LogP contribution in [-0.4, -0.2) is 42.8 Å². The van der Waals surface area contributed by atoms with Crippen LogP contribution in [0.4, 0.5) is 0 Å². The molecule has 0 aliphatic carbocycles. The summed E-state index contributed by atoms with van der Waals surface area (Å²) in [5.41, 5.74) is 2.72. The van der Waals surface area contributed by atoms with Gasteiger partial charge in [-0.25, -0.2) is 0 Å². The van der Waals surface area contributed by atoms with Crippen molar-refractivity contribution in [2.45, 2.75) is 18.3 Å². The van der Waals surface area contributed by atoms with Crippen LogP contribution in [0, 0.1) is 0 Å². The molecule has 0 bridgehead atoms. The quantitative estimate of drug-likeness (QED) is 0.599. The zero-order chi connectivity index (χ0) is 9.65. The van der Waals surface area contributed by atoms with Gasteiger partial charge >= 0.3 is 33.1 Å². The van der Waals surface area contributed by atoms with E-state index < -0.39 is 13.8 Å². The minimum atomic E-state index is -3.12. The average molecular weight is 225 g/mol. The van der Waals surface area contributed by atoms with Crippen LogP contribution in [-0.2, 0) is 8.53 Å². The van der Waals surface area contributed by atoms with Gasteiger partial charge in [0.05, 0.1) is 0 Å². The fourth-order valence-electron chi connectivity index (χ4n) is 0. The van der Waals surface area contributed by atoms with Gasteiger partial charge in [0.1, 0.15) is 0 Å². The second-order valence-electron chi connectivity index (χ2n) is 2.71. The standard InChI is InChI=1S/C4H9NO.C2H7AsO2/c1-4(6)5(2)3;1-3(2,4)5/h1-3H3;1-2H3,(H,4,5). The Kier molecular flexibility index (Phi) is 6.62. The molecule has 0 aliphatic heterocycles. The molecule has 0 spiro atoms. The number of hydrogen-bond acceptors (Lipinski definition) is 2.